The van der Waals surface area contributed by atoms with Crippen molar-refractivity contribution in [3.8, 4) is 11.1 Å². The van der Waals surface area contributed by atoms with E-state index in [4.69, 9.17) is 0 Å². The molecule has 0 bridgehead atoms. The van der Waals surface area contributed by atoms with Gasteiger partial charge in [-0.05, 0) is 23.6 Å². The molecule has 0 aliphatic heterocycles. The number of nitrogens with zero attached hydrogens (tertiary/aromatic N) is 1. The van der Waals surface area contributed by atoms with Crippen molar-refractivity contribution >= 4 is 17.1 Å². The number of pyridine rings is 1. The van der Waals surface area contributed by atoms with Crippen LogP contribution in [0.15, 0.2) is 54.9 Å². The van der Waals surface area contributed by atoms with Crippen LogP contribution in [0.1, 0.15) is 10.4 Å². The summed E-state index contributed by atoms with van der Waals surface area (Å²) in [5.41, 5.74) is 1.54. The molecule has 2 aromatic carbocycles. The van der Waals surface area contributed by atoms with Crippen LogP contribution < -0.4 is 0 Å². The first-order valence-corrected chi connectivity index (χ1v) is 5.87. The molecule has 0 unspecified atom stereocenters. The summed E-state index contributed by atoms with van der Waals surface area (Å²) in [6.45, 7) is 0. The van der Waals surface area contributed by atoms with Crippen LogP contribution in [0.25, 0.3) is 21.9 Å². The Bertz CT molecular complexity index is 762. The van der Waals surface area contributed by atoms with Crippen LogP contribution >= 0.6 is 0 Å². The molecule has 0 N–H and O–H groups in total. The van der Waals surface area contributed by atoms with Crippen LogP contribution in [0.3, 0.4) is 0 Å². The summed E-state index contributed by atoms with van der Waals surface area (Å²) in [6, 6.07) is 12.0. The fourth-order valence-corrected chi connectivity index (χ4v) is 2.15. The third-order valence-electron chi connectivity index (χ3n) is 3.08. The standard InChI is InChI=1S/C16H10FNO/c17-16-6-5-11(10-19)7-14(16)15-9-18-8-12-3-1-2-4-13(12)15/h1-10H. The van der Waals surface area contributed by atoms with Gasteiger partial charge in [0.1, 0.15) is 12.1 Å². The molecule has 3 heteroatoms. The highest BCUT2D eigenvalue weighted by Crippen LogP contribution is 2.29. The van der Waals surface area contributed by atoms with E-state index in [1.165, 1.54) is 12.1 Å². The lowest BCUT2D eigenvalue weighted by molar-refractivity contribution is 0.112. The Labute approximate surface area is 109 Å². The maximum Gasteiger partial charge on any atom is 0.150 e. The van der Waals surface area contributed by atoms with Gasteiger partial charge in [0.25, 0.3) is 0 Å². The number of rotatable bonds is 2. The van der Waals surface area contributed by atoms with Crippen molar-refractivity contribution in [2.24, 2.45) is 0 Å². The number of aldehydes is 1. The number of hydrogen-bond donors (Lipinski definition) is 0. The molecule has 1 heterocycles. The van der Waals surface area contributed by atoms with Crippen molar-refractivity contribution in [1.82, 2.24) is 4.98 Å². The van der Waals surface area contributed by atoms with Crippen LogP contribution in [0.5, 0.6) is 0 Å². The van der Waals surface area contributed by atoms with Gasteiger partial charge in [-0.3, -0.25) is 9.78 Å². The molecule has 2 nitrogen and oxygen atoms in total. The molecule has 0 saturated heterocycles. The van der Waals surface area contributed by atoms with Gasteiger partial charge in [-0.15, -0.1) is 0 Å². The topological polar surface area (TPSA) is 30.0 Å². The summed E-state index contributed by atoms with van der Waals surface area (Å²) in [7, 11) is 0. The van der Waals surface area contributed by atoms with Gasteiger partial charge in [0.05, 0.1) is 0 Å². The maximum absolute atomic E-state index is 14.0. The molecule has 0 radical (unpaired) electrons. The molecule has 0 amide bonds. The summed E-state index contributed by atoms with van der Waals surface area (Å²) < 4.78 is 14.0. The molecule has 0 atom stereocenters. The van der Waals surface area contributed by atoms with Crippen LogP contribution in [0.4, 0.5) is 4.39 Å². The summed E-state index contributed by atoms with van der Waals surface area (Å²) in [6.07, 6.45) is 4.07. The highest BCUT2D eigenvalue weighted by atomic mass is 19.1. The first-order chi connectivity index (χ1) is 9.29. The predicted molar refractivity (Wildman–Crippen MR) is 72.5 cm³/mol. The molecule has 3 aromatic rings. The summed E-state index contributed by atoms with van der Waals surface area (Å²) >= 11 is 0. The van der Waals surface area contributed by atoms with Gasteiger partial charge >= 0.3 is 0 Å². The van der Waals surface area contributed by atoms with Gasteiger partial charge in [-0.2, -0.15) is 0 Å². The van der Waals surface area contributed by atoms with Crippen molar-refractivity contribution in [3.05, 3.63) is 66.2 Å². The van der Waals surface area contributed by atoms with Gasteiger partial charge in [0.2, 0.25) is 0 Å². The average molecular weight is 251 g/mol. The molecule has 0 aliphatic rings. The van der Waals surface area contributed by atoms with Crippen molar-refractivity contribution in [3.63, 3.8) is 0 Å². The number of benzene rings is 2. The second kappa shape index (κ2) is 4.61. The number of halogens is 1. The lowest BCUT2D eigenvalue weighted by atomic mass is 9.99. The fourth-order valence-electron chi connectivity index (χ4n) is 2.15. The third kappa shape index (κ3) is 1.99. The van der Waals surface area contributed by atoms with E-state index in [-0.39, 0.29) is 5.82 Å². The van der Waals surface area contributed by atoms with Crippen LogP contribution in [-0.2, 0) is 0 Å². The monoisotopic (exact) mass is 251 g/mol. The lowest BCUT2D eigenvalue weighted by Gasteiger charge is -2.07. The van der Waals surface area contributed by atoms with E-state index in [0.29, 0.717) is 23.0 Å². The highest BCUT2D eigenvalue weighted by molar-refractivity contribution is 5.96. The maximum atomic E-state index is 14.0. The fraction of sp³-hybridized carbons (Fsp3) is 0. The number of aromatic nitrogens is 1. The summed E-state index contributed by atoms with van der Waals surface area (Å²) in [4.78, 5) is 15.0. The minimum atomic E-state index is -0.358. The summed E-state index contributed by atoms with van der Waals surface area (Å²) in [5.74, 6) is -0.358. The molecule has 0 aliphatic carbocycles. The molecule has 0 spiro atoms. The Balaban J connectivity index is 2.33. The van der Waals surface area contributed by atoms with E-state index in [0.717, 1.165) is 10.8 Å². The minimum absolute atomic E-state index is 0.358. The average Bonchev–Trinajstić information content (AvgIpc) is 2.47. The van der Waals surface area contributed by atoms with Gasteiger partial charge in [0, 0.05) is 34.5 Å². The molecule has 3 rings (SSSR count). The smallest absolute Gasteiger partial charge is 0.150 e. The number of hydrogen-bond acceptors (Lipinski definition) is 2. The molecule has 1 aromatic heterocycles. The van der Waals surface area contributed by atoms with Crippen LogP contribution in [0, 0.1) is 5.82 Å². The van der Waals surface area contributed by atoms with Gasteiger partial charge in [-0.25, -0.2) is 4.39 Å². The number of carbonyl (C=O) groups is 1. The second-order valence-electron chi connectivity index (χ2n) is 4.27. The first-order valence-electron chi connectivity index (χ1n) is 5.87. The van der Waals surface area contributed by atoms with Gasteiger partial charge < -0.3 is 0 Å². The lowest BCUT2D eigenvalue weighted by Crippen LogP contribution is -1.90. The van der Waals surface area contributed by atoms with E-state index in [1.54, 1.807) is 18.5 Å². The second-order valence-corrected chi connectivity index (χ2v) is 4.27. The zero-order chi connectivity index (χ0) is 13.2. The van der Waals surface area contributed by atoms with Crippen LogP contribution in [-0.4, -0.2) is 11.3 Å². The largest absolute Gasteiger partial charge is 0.298 e. The Kier molecular flexibility index (Phi) is 2.80. The van der Waals surface area contributed by atoms with Crippen molar-refractivity contribution in [1.29, 1.82) is 0 Å². The molecule has 0 fully saturated rings. The number of carbonyl (C=O) groups excluding carboxylic acids is 1. The molecule has 92 valence electrons. The number of fused-ring (bicyclic) bond motifs is 1. The van der Waals surface area contributed by atoms with E-state index < -0.39 is 0 Å². The third-order valence-corrected chi connectivity index (χ3v) is 3.08. The molecule has 0 saturated carbocycles. The molecule has 19 heavy (non-hydrogen) atoms. The van der Waals surface area contributed by atoms with Crippen LogP contribution in [0.2, 0.25) is 0 Å². The minimum Gasteiger partial charge on any atom is -0.298 e. The molecular weight excluding hydrogens is 241 g/mol. The van der Waals surface area contributed by atoms with E-state index in [9.17, 15) is 9.18 Å². The van der Waals surface area contributed by atoms with Gasteiger partial charge in [0.15, 0.2) is 0 Å². The van der Waals surface area contributed by atoms with Crippen molar-refractivity contribution in [2.45, 2.75) is 0 Å². The summed E-state index contributed by atoms with van der Waals surface area (Å²) in [5, 5.41) is 1.86. The van der Waals surface area contributed by atoms with Crippen molar-refractivity contribution in [2.75, 3.05) is 0 Å². The predicted octanol–water partition coefficient (Wildman–Crippen LogP) is 3.85. The zero-order valence-corrected chi connectivity index (χ0v) is 10.0. The van der Waals surface area contributed by atoms with Crippen molar-refractivity contribution < 1.29 is 9.18 Å². The van der Waals surface area contributed by atoms with E-state index in [1.807, 2.05) is 24.3 Å². The Morgan fingerprint density at radius 3 is 2.68 bits per heavy atom. The van der Waals surface area contributed by atoms with Gasteiger partial charge in [-0.1, -0.05) is 24.3 Å². The normalized spacial score (nSPS) is 10.6. The Hall–Kier alpha value is -2.55. The highest BCUT2D eigenvalue weighted by Gasteiger charge is 2.09. The Morgan fingerprint density at radius 2 is 1.84 bits per heavy atom. The zero-order valence-electron chi connectivity index (χ0n) is 10.0. The van der Waals surface area contributed by atoms with E-state index >= 15 is 0 Å². The quantitative estimate of drug-likeness (QED) is 0.647. The SMILES string of the molecule is O=Cc1ccc(F)c(-c2cncc3ccccc23)c1. The molecular formula is C16H10FNO. The Morgan fingerprint density at radius 1 is 1.00 bits per heavy atom. The van der Waals surface area contributed by atoms with E-state index in [2.05, 4.69) is 4.98 Å². The first kappa shape index (κ1) is 11.5.